The minimum absolute atomic E-state index is 0.574. The fourth-order valence-corrected chi connectivity index (χ4v) is 1.72. The molecule has 1 rings (SSSR count). The van der Waals surface area contributed by atoms with Crippen LogP contribution in [-0.4, -0.2) is 19.8 Å². The summed E-state index contributed by atoms with van der Waals surface area (Å²) in [5.41, 5.74) is 6.57. The van der Waals surface area contributed by atoms with Crippen LogP contribution in [0.3, 0.4) is 0 Å². The van der Waals surface area contributed by atoms with Crippen LogP contribution in [0.25, 0.3) is 0 Å². The molecule has 1 aromatic rings. The van der Waals surface area contributed by atoms with E-state index < -0.39 is 0 Å². The third-order valence-corrected chi connectivity index (χ3v) is 2.42. The molecule has 0 fully saturated rings. The maximum Gasteiger partial charge on any atom is 0.141 e. The van der Waals surface area contributed by atoms with Crippen LogP contribution in [0, 0.1) is 0 Å². The predicted molar refractivity (Wildman–Crippen MR) is 66.5 cm³/mol. The van der Waals surface area contributed by atoms with E-state index >= 15 is 0 Å². The van der Waals surface area contributed by atoms with E-state index in [1.54, 1.807) is 0 Å². The highest BCUT2D eigenvalue weighted by Crippen LogP contribution is 2.33. The minimum atomic E-state index is 0.574. The van der Waals surface area contributed by atoms with Gasteiger partial charge in [-0.3, -0.25) is 0 Å². The molecular formula is C12H18ClNO2. The molecule has 0 amide bonds. The zero-order chi connectivity index (χ0) is 12.0. The summed E-state index contributed by atoms with van der Waals surface area (Å²) in [6, 6.07) is 3.70. The summed E-state index contributed by atoms with van der Waals surface area (Å²) in [6.45, 7) is 5.64. The highest BCUT2D eigenvalue weighted by molar-refractivity contribution is 6.32. The summed E-state index contributed by atoms with van der Waals surface area (Å²) in [5.74, 6) is 1.47. The highest BCUT2D eigenvalue weighted by Gasteiger charge is 2.09. The van der Waals surface area contributed by atoms with Crippen LogP contribution in [0.4, 0.5) is 0 Å². The van der Waals surface area contributed by atoms with Crippen LogP contribution in [0.15, 0.2) is 12.1 Å². The fourth-order valence-electron chi connectivity index (χ4n) is 1.48. The van der Waals surface area contributed by atoms with Crippen molar-refractivity contribution in [1.29, 1.82) is 0 Å². The zero-order valence-corrected chi connectivity index (χ0v) is 10.5. The van der Waals surface area contributed by atoms with E-state index in [1.165, 1.54) is 0 Å². The second kappa shape index (κ2) is 6.61. The van der Waals surface area contributed by atoms with Crippen molar-refractivity contribution in [3.05, 3.63) is 22.7 Å². The topological polar surface area (TPSA) is 44.5 Å². The third-order valence-electron chi connectivity index (χ3n) is 2.13. The first-order chi connectivity index (χ1) is 7.72. The molecule has 0 spiro atoms. The average Bonchev–Trinajstić information content (AvgIpc) is 2.25. The first-order valence-corrected chi connectivity index (χ1v) is 5.88. The van der Waals surface area contributed by atoms with Crippen molar-refractivity contribution in [3.8, 4) is 11.5 Å². The molecule has 1 aromatic carbocycles. The lowest BCUT2D eigenvalue weighted by Crippen LogP contribution is -2.06. The first kappa shape index (κ1) is 13.1. The Balaban J connectivity index is 3.03. The number of benzene rings is 1. The van der Waals surface area contributed by atoms with Crippen LogP contribution < -0.4 is 15.2 Å². The maximum atomic E-state index is 6.09. The Bertz CT molecular complexity index is 342. The number of ether oxygens (including phenoxy) is 2. The SMILES string of the molecule is CCOc1cc(OCC)c(CCN)cc1Cl. The standard InChI is InChI=1S/C12H18ClNO2/c1-3-15-11-8-12(16-4-2)10(13)7-9(11)5-6-14/h7-8H,3-6,14H2,1-2H3. The van der Waals surface area contributed by atoms with Gasteiger partial charge in [0.1, 0.15) is 11.5 Å². The highest BCUT2D eigenvalue weighted by atomic mass is 35.5. The summed E-state index contributed by atoms with van der Waals surface area (Å²) >= 11 is 6.09. The lowest BCUT2D eigenvalue weighted by atomic mass is 10.1. The number of hydrogen-bond acceptors (Lipinski definition) is 3. The smallest absolute Gasteiger partial charge is 0.141 e. The van der Waals surface area contributed by atoms with Crippen molar-refractivity contribution in [1.82, 2.24) is 0 Å². The Morgan fingerprint density at radius 2 is 1.75 bits per heavy atom. The number of hydrogen-bond donors (Lipinski definition) is 1. The average molecular weight is 244 g/mol. The van der Waals surface area contributed by atoms with Gasteiger partial charge in [-0.05, 0) is 38.4 Å². The Morgan fingerprint density at radius 3 is 2.31 bits per heavy atom. The van der Waals surface area contributed by atoms with Gasteiger partial charge in [-0.25, -0.2) is 0 Å². The summed E-state index contributed by atoms with van der Waals surface area (Å²) in [6.07, 6.45) is 0.751. The van der Waals surface area contributed by atoms with Crippen molar-refractivity contribution in [2.24, 2.45) is 5.73 Å². The lowest BCUT2D eigenvalue weighted by molar-refractivity contribution is 0.321. The molecule has 90 valence electrons. The van der Waals surface area contributed by atoms with Gasteiger partial charge >= 0.3 is 0 Å². The van der Waals surface area contributed by atoms with Gasteiger partial charge in [0.25, 0.3) is 0 Å². The Morgan fingerprint density at radius 1 is 1.12 bits per heavy atom. The Labute approximate surface area is 101 Å². The number of nitrogens with two attached hydrogens (primary N) is 1. The quantitative estimate of drug-likeness (QED) is 0.836. The minimum Gasteiger partial charge on any atom is -0.493 e. The van der Waals surface area contributed by atoms with Crippen molar-refractivity contribution in [2.45, 2.75) is 20.3 Å². The molecular weight excluding hydrogens is 226 g/mol. The molecule has 4 heteroatoms. The second-order valence-corrected chi connectivity index (χ2v) is 3.70. The molecule has 0 aliphatic carbocycles. The van der Waals surface area contributed by atoms with Gasteiger partial charge in [-0.15, -0.1) is 0 Å². The van der Waals surface area contributed by atoms with Crippen LogP contribution >= 0.6 is 11.6 Å². The Kier molecular flexibility index (Phi) is 5.43. The zero-order valence-electron chi connectivity index (χ0n) is 9.75. The molecule has 16 heavy (non-hydrogen) atoms. The van der Waals surface area contributed by atoms with Crippen molar-refractivity contribution < 1.29 is 9.47 Å². The molecule has 0 aliphatic heterocycles. The molecule has 0 atom stereocenters. The molecule has 0 unspecified atom stereocenters. The molecule has 0 heterocycles. The summed E-state index contributed by atoms with van der Waals surface area (Å²) < 4.78 is 11.0. The lowest BCUT2D eigenvalue weighted by Gasteiger charge is -2.13. The van der Waals surface area contributed by atoms with Crippen LogP contribution in [0.1, 0.15) is 19.4 Å². The summed E-state index contributed by atoms with van der Waals surface area (Å²) in [7, 11) is 0. The Hall–Kier alpha value is -0.930. The molecule has 0 aromatic heterocycles. The van der Waals surface area contributed by atoms with Gasteiger partial charge < -0.3 is 15.2 Å². The van der Waals surface area contributed by atoms with E-state index in [0.717, 1.165) is 17.7 Å². The second-order valence-electron chi connectivity index (χ2n) is 3.30. The van der Waals surface area contributed by atoms with E-state index in [4.69, 9.17) is 26.8 Å². The maximum absolute atomic E-state index is 6.09. The van der Waals surface area contributed by atoms with E-state index in [9.17, 15) is 0 Å². The third kappa shape index (κ3) is 3.29. The van der Waals surface area contributed by atoms with E-state index in [2.05, 4.69) is 0 Å². The molecule has 0 radical (unpaired) electrons. The molecule has 2 N–H and O–H groups in total. The van der Waals surface area contributed by atoms with Crippen LogP contribution in [-0.2, 0) is 6.42 Å². The normalized spacial score (nSPS) is 10.2. The van der Waals surface area contributed by atoms with Gasteiger partial charge in [-0.1, -0.05) is 11.6 Å². The van der Waals surface area contributed by atoms with E-state index in [1.807, 2.05) is 26.0 Å². The molecule has 0 saturated carbocycles. The largest absolute Gasteiger partial charge is 0.493 e. The molecule has 3 nitrogen and oxygen atoms in total. The van der Waals surface area contributed by atoms with Crippen LogP contribution in [0.2, 0.25) is 5.02 Å². The van der Waals surface area contributed by atoms with Gasteiger partial charge in [0.15, 0.2) is 0 Å². The predicted octanol–water partition coefficient (Wildman–Crippen LogP) is 2.64. The number of rotatable bonds is 6. The molecule has 0 aliphatic rings. The monoisotopic (exact) mass is 243 g/mol. The van der Waals surface area contributed by atoms with E-state index in [0.29, 0.717) is 30.5 Å². The van der Waals surface area contributed by atoms with Gasteiger partial charge in [0.05, 0.1) is 18.2 Å². The summed E-state index contributed by atoms with van der Waals surface area (Å²) in [5, 5.41) is 0.605. The van der Waals surface area contributed by atoms with Gasteiger partial charge in [0, 0.05) is 6.07 Å². The van der Waals surface area contributed by atoms with Crippen molar-refractivity contribution in [2.75, 3.05) is 19.8 Å². The first-order valence-electron chi connectivity index (χ1n) is 5.51. The van der Waals surface area contributed by atoms with Crippen molar-refractivity contribution in [3.63, 3.8) is 0 Å². The van der Waals surface area contributed by atoms with Crippen LogP contribution in [0.5, 0.6) is 11.5 Å². The number of halogens is 1. The fraction of sp³-hybridized carbons (Fsp3) is 0.500. The van der Waals surface area contributed by atoms with Gasteiger partial charge in [0.2, 0.25) is 0 Å². The van der Waals surface area contributed by atoms with E-state index in [-0.39, 0.29) is 0 Å². The summed E-state index contributed by atoms with van der Waals surface area (Å²) in [4.78, 5) is 0. The molecule has 0 saturated heterocycles. The molecule has 0 bridgehead atoms. The van der Waals surface area contributed by atoms with Gasteiger partial charge in [-0.2, -0.15) is 0 Å². The van der Waals surface area contributed by atoms with Crippen molar-refractivity contribution >= 4 is 11.6 Å².